The molecule has 2 rings (SSSR count). The highest BCUT2D eigenvalue weighted by atomic mass is 32.1. The molecule has 0 unspecified atom stereocenters. The molecule has 17 heavy (non-hydrogen) atoms. The van der Waals surface area contributed by atoms with Crippen molar-refractivity contribution in [1.29, 1.82) is 5.26 Å². The fourth-order valence-corrected chi connectivity index (χ4v) is 2.56. The Morgan fingerprint density at radius 2 is 2.12 bits per heavy atom. The minimum Gasteiger partial charge on any atom is -0.325 e. The normalized spacial score (nSPS) is 10.2. The molecule has 0 amide bonds. The molecule has 0 atom stereocenters. The fourth-order valence-electron chi connectivity index (χ4n) is 1.73. The van der Waals surface area contributed by atoms with Gasteiger partial charge in [0.15, 0.2) is 0 Å². The van der Waals surface area contributed by atoms with E-state index in [0.29, 0.717) is 0 Å². The van der Waals surface area contributed by atoms with Crippen molar-refractivity contribution in [2.75, 3.05) is 0 Å². The van der Waals surface area contributed by atoms with E-state index in [4.69, 9.17) is 5.26 Å². The number of hydrogen-bond donors (Lipinski definition) is 1. The van der Waals surface area contributed by atoms with E-state index in [1.54, 1.807) is 17.4 Å². The van der Waals surface area contributed by atoms with E-state index in [0.717, 1.165) is 26.8 Å². The van der Waals surface area contributed by atoms with E-state index in [2.05, 4.69) is 9.97 Å². The number of nitrogens with zero attached hydrogens (tertiary/aromatic N) is 2. The van der Waals surface area contributed by atoms with Crippen LogP contribution in [0.3, 0.4) is 0 Å². The zero-order valence-electron chi connectivity index (χ0n) is 9.79. The van der Waals surface area contributed by atoms with Gasteiger partial charge in [0.1, 0.15) is 11.6 Å². The first-order chi connectivity index (χ1) is 8.02. The van der Waals surface area contributed by atoms with Crippen molar-refractivity contribution in [3.05, 3.63) is 37.6 Å². The predicted octanol–water partition coefficient (Wildman–Crippen LogP) is 2.30. The molecule has 0 aliphatic heterocycles. The van der Waals surface area contributed by atoms with E-state index >= 15 is 0 Å². The van der Waals surface area contributed by atoms with Crippen molar-refractivity contribution >= 4 is 11.3 Å². The SMILES string of the molecule is Cc1nc(-c2cc(C#N)c(=O)[nH]c2C)c(C)s1. The second kappa shape index (κ2) is 4.15. The first kappa shape index (κ1) is 11.6. The largest absolute Gasteiger partial charge is 0.325 e. The number of aryl methyl sites for hydroxylation is 3. The van der Waals surface area contributed by atoms with Gasteiger partial charge in [0.25, 0.3) is 5.56 Å². The molecule has 2 aromatic rings. The number of thiazole rings is 1. The monoisotopic (exact) mass is 245 g/mol. The maximum absolute atomic E-state index is 11.4. The first-order valence-corrected chi connectivity index (χ1v) is 5.93. The number of nitriles is 1. The number of pyridine rings is 1. The van der Waals surface area contributed by atoms with Gasteiger partial charge in [-0.1, -0.05) is 0 Å². The molecule has 2 heterocycles. The Labute approximate surface area is 103 Å². The average molecular weight is 245 g/mol. The van der Waals surface area contributed by atoms with Gasteiger partial charge in [-0.2, -0.15) is 5.26 Å². The van der Waals surface area contributed by atoms with Crippen LogP contribution >= 0.6 is 11.3 Å². The third-order valence-electron chi connectivity index (χ3n) is 2.52. The van der Waals surface area contributed by atoms with Crippen LogP contribution in [-0.2, 0) is 0 Å². The van der Waals surface area contributed by atoms with Gasteiger partial charge < -0.3 is 4.98 Å². The molecule has 0 aromatic carbocycles. The minimum absolute atomic E-state index is 0.121. The quantitative estimate of drug-likeness (QED) is 0.838. The number of rotatable bonds is 1. The van der Waals surface area contributed by atoms with Crippen molar-refractivity contribution in [3.63, 3.8) is 0 Å². The molecule has 0 spiro atoms. The van der Waals surface area contributed by atoms with Crippen molar-refractivity contribution in [3.8, 4) is 17.3 Å². The van der Waals surface area contributed by atoms with E-state index in [1.807, 2.05) is 26.8 Å². The van der Waals surface area contributed by atoms with E-state index in [1.165, 1.54) is 0 Å². The summed E-state index contributed by atoms with van der Waals surface area (Å²) in [5, 5.41) is 9.84. The van der Waals surface area contributed by atoms with Crippen LogP contribution in [0.2, 0.25) is 0 Å². The number of hydrogen-bond acceptors (Lipinski definition) is 4. The second-order valence-corrected chi connectivity index (χ2v) is 5.21. The minimum atomic E-state index is -0.349. The summed E-state index contributed by atoms with van der Waals surface area (Å²) in [4.78, 5) is 19.6. The molecule has 0 fully saturated rings. The Balaban J connectivity index is 2.72. The molecule has 2 aromatic heterocycles. The molecule has 0 saturated carbocycles. The van der Waals surface area contributed by atoms with E-state index in [9.17, 15) is 4.79 Å². The highest BCUT2D eigenvalue weighted by Gasteiger charge is 2.13. The molecule has 0 aliphatic carbocycles. The van der Waals surface area contributed by atoms with Crippen molar-refractivity contribution < 1.29 is 0 Å². The number of H-pyrrole nitrogens is 1. The summed E-state index contributed by atoms with van der Waals surface area (Å²) >= 11 is 1.60. The molecule has 0 bridgehead atoms. The van der Waals surface area contributed by atoms with Crippen LogP contribution in [0.5, 0.6) is 0 Å². The van der Waals surface area contributed by atoms with Crippen LogP contribution < -0.4 is 5.56 Å². The summed E-state index contributed by atoms with van der Waals surface area (Å²) in [5.74, 6) is 0. The van der Waals surface area contributed by atoms with Gasteiger partial charge in [-0.05, 0) is 26.8 Å². The van der Waals surface area contributed by atoms with Crippen LogP contribution in [0.25, 0.3) is 11.3 Å². The van der Waals surface area contributed by atoms with E-state index < -0.39 is 0 Å². The van der Waals surface area contributed by atoms with Gasteiger partial charge in [0.05, 0.1) is 10.7 Å². The fraction of sp³-hybridized carbons (Fsp3) is 0.250. The Kier molecular flexibility index (Phi) is 2.82. The van der Waals surface area contributed by atoms with E-state index in [-0.39, 0.29) is 11.1 Å². The van der Waals surface area contributed by atoms with Gasteiger partial charge in [0.2, 0.25) is 0 Å². The highest BCUT2D eigenvalue weighted by molar-refractivity contribution is 7.11. The lowest BCUT2D eigenvalue weighted by Gasteiger charge is -2.04. The summed E-state index contributed by atoms with van der Waals surface area (Å²) in [6, 6.07) is 3.50. The molecular weight excluding hydrogens is 234 g/mol. The molecule has 5 heteroatoms. The Morgan fingerprint density at radius 1 is 1.41 bits per heavy atom. The zero-order valence-corrected chi connectivity index (χ0v) is 10.6. The lowest BCUT2D eigenvalue weighted by molar-refractivity contribution is 1.12. The Morgan fingerprint density at radius 3 is 2.65 bits per heavy atom. The molecule has 4 nitrogen and oxygen atoms in total. The van der Waals surface area contributed by atoms with Gasteiger partial charge in [0, 0.05) is 16.1 Å². The lowest BCUT2D eigenvalue weighted by atomic mass is 10.1. The maximum atomic E-state index is 11.4. The molecule has 0 radical (unpaired) electrons. The third kappa shape index (κ3) is 1.99. The predicted molar refractivity (Wildman–Crippen MR) is 67.1 cm³/mol. The number of aromatic amines is 1. The molecule has 0 aliphatic rings. The van der Waals surface area contributed by atoms with Crippen LogP contribution in [-0.4, -0.2) is 9.97 Å². The summed E-state index contributed by atoms with van der Waals surface area (Å²) in [7, 11) is 0. The molecule has 1 N–H and O–H groups in total. The standard InChI is InChI=1S/C12H11N3OS/c1-6-10(4-9(5-13)12(16)14-6)11-7(2)17-8(3)15-11/h4H,1-3H3,(H,14,16). The smallest absolute Gasteiger partial charge is 0.266 e. The highest BCUT2D eigenvalue weighted by Crippen LogP contribution is 2.28. The molecule has 0 saturated heterocycles. The molecular formula is C12H11N3OS. The Hall–Kier alpha value is -1.93. The number of aromatic nitrogens is 2. The Bertz CT molecular complexity index is 676. The van der Waals surface area contributed by atoms with Gasteiger partial charge in [-0.15, -0.1) is 11.3 Å². The summed E-state index contributed by atoms with van der Waals surface area (Å²) in [6.07, 6.45) is 0. The third-order valence-corrected chi connectivity index (χ3v) is 3.40. The van der Waals surface area contributed by atoms with Crippen molar-refractivity contribution in [2.45, 2.75) is 20.8 Å². The van der Waals surface area contributed by atoms with Gasteiger partial charge in [-0.3, -0.25) is 4.79 Å². The maximum Gasteiger partial charge on any atom is 0.266 e. The first-order valence-electron chi connectivity index (χ1n) is 5.11. The second-order valence-electron chi connectivity index (χ2n) is 3.80. The van der Waals surface area contributed by atoms with Crippen molar-refractivity contribution in [2.24, 2.45) is 0 Å². The van der Waals surface area contributed by atoms with Crippen LogP contribution in [0.4, 0.5) is 0 Å². The van der Waals surface area contributed by atoms with Gasteiger partial charge >= 0.3 is 0 Å². The van der Waals surface area contributed by atoms with Crippen molar-refractivity contribution in [1.82, 2.24) is 9.97 Å². The zero-order chi connectivity index (χ0) is 12.6. The summed E-state index contributed by atoms with van der Waals surface area (Å²) in [6.45, 7) is 5.73. The average Bonchev–Trinajstić information content (AvgIpc) is 2.58. The van der Waals surface area contributed by atoms with Crippen LogP contribution in [0.15, 0.2) is 10.9 Å². The lowest BCUT2D eigenvalue weighted by Crippen LogP contribution is -2.12. The summed E-state index contributed by atoms with van der Waals surface area (Å²) < 4.78 is 0. The number of nitrogens with one attached hydrogen (secondary N) is 1. The topological polar surface area (TPSA) is 69.5 Å². The molecule has 86 valence electrons. The van der Waals surface area contributed by atoms with Crippen LogP contribution in [0.1, 0.15) is 21.1 Å². The van der Waals surface area contributed by atoms with Crippen LogP contribution in [0, 0.1) is 32.1 Å². The van der Waals surface area contributed by atoms with Gasteiger partial charge in [-0.25, -0.2) is 4.98 Å². The summed E-state index contributed by atoms with van der Waals surface area (Å²) in [5.41, 5.74) is 2.18.